The number of benzene rings is 1. The van der Waals surface area contributed by atoms with Gasteiger partial charge in [0.1, 0.15) is 0 Å². The van der Waals surface area contributed by atoms with Gasteiger partial charge in [-0.05, 0) is 44.2 Å². The number of fused-ring (bicyclic) bond motifs is 1. The Kier molecular flexibility index (Phi) is 3.65. The lowest BCUT2D eigenvalue weighted by Gasteiger charge is -2.23. The highest BCUT2D eigenvalue weighted by molar-refractivity contribution is 5.24. The Labute approximate surface area is 114 Å². The summed E-state index contributed by atoms with van der Waals surface area (Å²) in [6.45, 7) is 0.701. The monoisotopic (exact) mass is 255 g/mol. The van der Waals surface area contributed by atoms with Crippen LogP contribution in [0.3, 0.4) is 0 Å². The van der Waals surface area contributed by atoms with Crippen LogP contribution in [0.2, 0.25) is 0 Å². The van der Waals surface area contributed by atoms with Crippen molar-refractivity contribution in [2.24, 2.45) is 5.73 Å². The van der Waals surface area contributed by atoms with Crippen LogP contribution in [-0.2, 0) is 12.8 Å². The number of imidazole rings is 1. The summed E-state index contributed by atoms with van der Waals surface area (Å²) in [7, 11) is 0. The molecule has 0 saturated carbocycles. The van der Waals surface area contributed by atoms with E-state index in [1.807, 2.05) is 6.33 Å². The fourth-order valence-corrected chi connectivity index (χ4v) is 3.06. The smallest absolute Gasteiger partial charge is 0.0957 e. The molecule has 0 fully saturated rings. The lowest BCUT2D eigenvalue weighted by Crippen LogP contribution is -2.18. The summed E-state index contributed by atoms with van der Waals surface area (Å²) in [5, 5.41) is 0. The van der Waals surface area contributed by atoms with Crippen LogP contribution in [-0.4, -0.2) is 16.1 Å². The highest BCUT2D eigenvalue weighted by atomic mass is 15.1. The summed E-state index contributed by atoms with van der Waals surface area (Å²) >= 11 is 0. The lowest BCUT2D eigenvalue weighted by atomic mass is 9.98. The predicted octanol–water partition coefficient (Wildman–Crippen LogP) is 2.70. The lowest BCUT2D eigenvalue weighted by molar-refractivity contribution is 0.514. The fourth-order valence-electron chi connectivity index (χ4n) is 3.06. The molecule has 0 aliphatic heterocycles. The van der Waals surface area contributed by atoms with Gasteiger partial charge in [0.25, 0.3) is 0 Å². The van der Waals surface area contributed by atoms with E-state index in [2.05, 4.69) is 39.9 Å². The molecule has 0 saturated heterocycles. The largest absolute Gasteiger partial charge is 0.330 e. The maximum Gasteiger partial charge on any atom is 0.0957 e. The Hall–Kier alpha value is -1.61. The minimum absolute atomic E-state index is 0.334. The van der Waals surface area contributed by atoms with Gasteiger partial charge in [0.15, 0.2) is 0 Å². The van der Waals surface area contributed by atoms with E-state index in [-0.39, 0.29) is 0 Å². The quantitative estimate of drug-likeness (QED) is 0.913. The van der Waals surface area contributed by atoms with Gasteiger partial charge >= 0.3 is 0 Å². The molecule has 0 bridgehead atoms. The summed E-state index contributed by atoms with van der Waals surface area (Å²) in [5.74, 6) is 0. The molecule has 1 atom stereocenters. The molecule has 0 radical (unpaired) electrons. The highest BCUT2D eigenvalue weighted by Crippen LogP contribution is 2.28. The minimum Gasteiger partial charge on any atom is -0.330 e. The third-order valence-electron chi connectivity index (χ3n) is 4.02. The van der Waals surface area contributed by atoms with Crippen LogP contribution in [0, 0.1) is 0 Å². The van der Waals surface area contributed by atoms with Crippen molar-refractivity contribution in [3.8, 4) is 0 Å². The molecule has 2 N–H and O–H groups in total. The summed E-state index contributed by atoms with van der Waals surface area (Å²) in [6.07, 6.45) is 7.82. The van der Waals surface area contributed by atoms with E-state index in [1.54, 1.807) is 0 Å². The normalized spacial score (nSPS) is 16.1. The third-order valence-corrected chi connectivity index (χ3v) is 4.02. The Bertz CT molecular complexity index is 530. The van der Waals surface area contributed by atoms with E-state index < -0.39 is 0 Å². The number of aromatic nitrogens is 2. The van der Waals surface area contributed by atoms with Crippen LogP contribution in [0.1, 0.15) is 42.3 Å². The first-order valence-electron chi connectivity index (χ1n) is 7.19. The van der Waals surface area contributed by atoms with Crippen molar-refractivity contribution in [2.75, 3.05) is 6.54 Å². The number of nitrogens with two attached hydrogens (primary N) is 1. The third kappa shape index (κ3) is 2.43. The van der Waals surface area contributed by atoms with Crippen LogP contribution in [0.15, 0.2) is 36.7 Å². The van der Waals surface area contributed by atoms with Gasteiger partial charge in [-0.15, -0.1) is 0 Å². The van der Waals surface area contributed by atoms with Gasteiger partial charge in [0, 0.05) is 5.69 Å². The van der Waals surface area contributed by atoms with Crippen molar-refractivity contribution < 1.29 is 0 Å². The summed E-state index contributed by atoms with van der Waals surface area (Å²) in [5.41, 5.74) is 9.87. The Morgan fingerprint density at radius 2 is 1.95 bits per heavy atom. The molecule has 0 amide bonds. The molecule has 1 unspecified atom stereocenters. The number of hydrogen-bond donors (Lipinski definition) is 1. The van der Waals surface area contributed by atoms with Gasteiger partial charge in [0.05, 0.1) is 18.1 Å². The van der Waals surface area contributed by atoms with E-state index in [0.29, 0.717) is 12.6 Å². The zero-order valence-electron chi connectivity index (χ0n) is 11.3. The van der Waals surface area contributed by atoms with Crippen LogP contribution in [0.4, 0.5) is 0 Å². The van der Waals surface area contributed by atoms with Gasteiger partial charge in [0.2, 0.25) is 0 Å². The molecular formula is C16H21N3. The number of hydrogen-bond acceptors (Lipinski definition) is 2. The average molecular weight is 255 g/mol. The summed E-state index contributed by atoms with van der Waals surface area (Å²) in [4.78, 5) is 4.61. The van der Waals surface area contributed by atoms with Crippen LogP contribution in [0.25, 0.3) is 0 Å². The molecule has 1 aliphatic rings. The van der Waals surface area contributed by atoms with Crippen molar-refractivity contribution >= 4 is 0 Å². The van der Waals surface area contributed by atoms with E-state index in [0.717, 1.165) is 19.3 Å². The molecule has 2 aromatic rings. The Morgan fingerprint density at radius 1 is 1.16 bits per heavy atom. The van der Waals surface area contributed by atoms with Crippen LogP contribution >= 0.6 is 0 Å². The van der Waals surface area contributed by atoms with Crippen LogP contribution in [0.5, 0.6) is 0 Å². The van der Waals surface area contributed by atoms with Gasteiger partial charge in [-0.25, -0.2) is 4.98 Å². The molecule has 1 aliphatic carbocycles. The first-order valence-corrected chi connectivity index (χ1v) is 7.19. The van der Waals surface area contributed by atoms with Gasteiger partial charge < -0.3 is 10.3 Å². The Morgan fingerprint density at radius 3 is 2.74 bits per heavy atom. The Balaban J connectivity index is 1.98. The van der Waals surface area contributed by atoms with Crippen molar-refractivity contribution in [3.05, 3.63) is 53.6 Å². The predicted molar refractivity (Wildman–Crippen MR) is 77.1 cm³/mol. The van der Waals surface area contributed by atoms with Gasteiger partial charge in [-0.1, -0.05) is 30.3 Å². The van der Waals surface area contributed by atoms with Crippen molar-refractivity contribution in [1.29, 1.82) is 0 Å². The second-order valence-electron chi connectivity index (χ2n) is 5.26. The number of rotatable bonds is 4. The topological polar surface area (TPSA) is 43.8 Å². The highest BCUT2D eigenvalue weighted by Gasteiger charge is 2.21. The second-order valence-corrected chi connectivity index (χ2v) is 5.26. The summed E-state index contributed by atoms with van der Waals surface area (Å²) < 4.78 is 2.36. The SMILES string of the molecule is NCCC(c1ccccc1)n1cnc2c1CCCC2. The molecule has 1 aromatic carbocycles. The molecule has 100 valence electrons. The van der Waals surface area contributed by atoms with Crippen molar-refractivity contribution in [2.45, 2.75) is 38.1 Å². The second kappa shape index (κ2) is 5.57. The van der Waals surface area contributed by atoms with E-state index in [1.165, 1.54) is 29.8 Å². The van der Waals surface area contributed by atoms with Gasteiger partial charge in [-0.2, -0.15) is 0 Å². The van der Waals surface area contributed by atoms with E-state index >= 15 is 0 Å². The molecule has 3 heteroatoms. The zero-order chi connectivity index (χ0) is 13.1. The van der Waals surface area contributed by atoms with Crippen molar-refractivity contribution in [3.63, 3.8) is 0 Å². The standard InChI is InChI=1S/C16H21N3/c17-11-10-15(13-6-2-1-3-7-13)19-12-18-14-8-4-5-9-16(14)19/h1-3,6-7,12,15H,4-5,8-11,17H2. The van der Waals surface area contributed by atoms with Crippen molar-refractivity contribution in [1.82, 2.24) is 9.55 Å². The van der Waals surface area contributed by atoms with E-state index in [4.69, 9.17) is 5.73 Å². The van der Waals surface area contributed by atoms with Crippen LogP contribution < -0.4 is 5.73 Å². The minimum atomic E-state index is 0.334. The summed E-state index contributed by atoms with van der Waals surface area (Å²) in [6, 6.07) is 11.0. The number of aryl methyl sites for hydroxylation is 1. The maximum absolute atomic E-state index is 5.82. The zero-order valence-corrected chi connectivity index (χ0v) is 11.3. The maximum atomic E-state index is 5.82. The van der Waals surface area contributed by atoms with E-state index in [9.17, 15) is 0 Å². The molecule has 0 spiro atoms. The van der Waals surface area contributed by atoms with Gasteiger partial charge in [-0.3, -0.25) is 0 Å². The molecule has 1 heterocycles. The fraction of sp³-hybridized carbons (Fsp3) is 0.438. The molecule has 3 rings (SSSR count). The molecule has 19 heavy (non-hydrogen) atoms. The average Bonchev–Trinajstić information content (AvgIpc) is 2.89. The first-order chi connectivity index (χ1) is 9.40. The molecule has 3 nitrogen and oxygen atoms in total. The molecular weight excluding hydrogens is 234 g/mol. The molecule has 1 aromatic heterocycles. The first kappa shape index (κ1) is 12.4. The number of nitrogens with zero attached hydrogens (tertiary/aromatic N) is 2.